The molecule has 1 aromatic heterocycles. The molecule has 1 unspecified atom stereocenters. The second-order valence-corrected chi connectivity index (χ2v) is 6.23. The molecule has 128 valence electrons. The zero-order valence-corrected chi connectivity index (χ0v) is 13.4. The van der Waals surface area contributed by atoms with Crippen LogP contribution in [-0.4, -0.2) is 65.1 Å². The fourth-order valence-electron chi connectivity index (χ4n) is 3.48. The van der Waals surface area contributed by atoms with E-state index in [-0.39, 0.29) is 12.5 Å². The summed E-state index contributed by atoms with van der Waals surface area (Å²) in [5, 5.41) is 13.7. The first kappa shape index (κ1) is 16.4. The first-order valence-electron chi connectivity index (χ1n) is 8.03. The van der Waals surface area contributed by atoms with Gasteiger partial charge in [-0.15, -0.1) is 0 Å². The molecular weight excluding hydrogens is 302 g/mol. The van der Waals surface area contributed by atoms with Gasteiger partial charge in [-0.2, -0.15) is 4.98 Å². The number of likely N-dealkylation sites (tertiary alicyclic amines) is 1. The molecule has 23 heavy (non-hydrogen) atoms. The molecule has 1 N–H and O–H groups in total. The van der Waals surface area contributed by atoms with Crippen molar-refractivity contribution in [2.45, 2.75) is 43.7 Å². The van der Waals surface area contributed by atoms with Gasteiger partial charge in [0.15, 0.2) is 5.82 Å². The van der Waals surface area contributed by atoms with Gasteiger partial charge in [0, 0.05) is 26.2 Å². The average molecular weight is 325 g/mol. The zero-order chi connectivity index (χ0) is 16.3. The minimum Gasteiger partial charge on any atom is -0.480 e. The number of carboxylic acid groups (broad SMARTS) is 1. The van der Waals surface area contributed by atoms with Gasteiger partial charge in [-0.25, -0.2) is 0 Å². The van der Waals surface area contributed by atoms with Crippen molar-refractivity contribution in [2.24, 2.45) is 0 Å². The maximum atomic E-state index is 11.8. The third-order valence-electron chi connectivity index (χ3n) is 4.79. The summed E-state index contributed by atoms with van der Waals surface area (Å²) >= 11 is 0. The number of ether oxygens (including phenoxy) is 2. The summed E-state index contributed by atoms with van der Waals surface area (Å²) < 4.78 is 15.9. The van der Waals surface area contributed by atoms with E-state index in [1.165, 1.54) is 7.11 Å². The van der Waals surface area contributed by atoms with Crippen LogP contribution >= 0.6 is 0 Å². The van der Waals surface area contributed by atoms with E-state index in [1.54, 1.807) is 0 Å². The Labute approximate surface area is 134 Å². The molecule has 8 heteroatoms. The lowest BCUT2D eigenvalue weighted by Gasteiger charge is -2.33. The molecule has 2 aliphatic rings. The zero-order valence-electron chi connectivity index (χ0n) is 13.4. The second kappa shape index (κ2) is 6.94. The Bertz CT molecular complexity index is 543. The number of aliphatic carboxylic acids is 1. The topological polar surface area (TPSA) is 97.9 Å². The van der Waals surface area contributed by atoms with E-state index in [9.17, 15) is 9.90 Å². The smallest absolute Gasteiger partial charge is 0.326 e. The molecule has 0 spiro atoms. The minimum atomic E-state index is -0.992. The van der Waals surface area contributed by atoms with Crippen LogP contribution in [-0.2, 0) is 20.8 Å². The van der Waals surface area contributed by atoms with Gasteiger partial charge in [0.05, 0.1) is 13.2 Å². The molecule has 0 aliphatic carbocycles. The van der Waals surface area contributed by atoms with Crippen molar-refractivity contribution in [3.05, 3.63) is 11.7 Å². The van der Waals surface area contributed by atoms with E-state index in [2.05, 4.69) is 10.1 Å². The molecule has 0 radical (unpaired) electrons. The highest BCUT2D eigenvalue weighted by Gasteiger charge is 2.48. The summed E-state index contributed by atoms with van der Waals surface area (Å²) in [6, 6.07) is 0. The lowest BCUT2D eigenvalue weighted by molar-refractivity contribution is -0.153. The summed E-state index contributed by atoms with van der Waals surface area (Å²) in [5.41, 5.74) is -0.992. The number of rotatable bonds is 6. The van der Waals surface area contributed by atoms with Crippen LogP contribution in [0.25, 0.3) is 0 Å². The number of carboxylic acids is 1. The lowest BCUT2D eigenvalue weighted by Crippen LogP contribution is -2.53. The molecule has 1 atom stereocenters. The molecule has 2 fully saturated rings. The molecule has 8 nitrogen and oxygen atoms in total. The fourth-order valence-corrected chi connectivity index (χ4v) is 3.48. The molecule has 0 aromatic carbocycles. The summed E-state index contributed by atoms with van der Waals surface area (Å²) in [6.45, 7) is 2.64. The molecular formula is C15H23N3O5. The van der Waals surface area contributed by atoms with Gasteiger partial charge in [-0.1, -0.05) is 5.16 Å². The van der Waals surface area contributed by atoms with Crippen LogP contribution in [0.2, 0.25) is 0 Å². The van der Waals surface area contributed by atoms with E-state index in [1.807, 2.05) is 4.90 Å². The summed E-state index contributed by atoms with van der Waals surface area (Å²) in [5.74, 6) is 0.557. The van der Waals surface area contributed by atoms with Gasteiger partial charge in [0.25, 0.3) is 0 Å². The van der Waals surface area contributed by atoms with Crippen molar-refractivity contribution in [3.8, 4) is 0 Å². The van der Waals surface area contributed by atoms with Crippen molar-refractivity contribution < 1.29 is 23.9 Å². The standard InChI is InChI=1S/C15H23N3O5/c1-21-10-15(14(19)20)5-2-6-18(15)9-12-16-13(23-17-12)11-3-7-22-8-4-11/h11H,2-10H2,1H3,(H,19,20). The fraction of sp³-hybridized carbons (Fsp3) is 0.800. The van der Waals surface area contributed by atoms with Crippen molar-refractivity contribution in [2.75, 3.05) is 33.5 Å². The Hall–Kier alpha value is -1.51. The normalized spacial score (nSPS) is 26.7. The number of aromatic nitrogens is 2. The number of hydrogen-bond donors (Lipinski definition) is 1. The maximum absolute atomic E-state index is 11.8. The number of carbonyl (C=O) groups is 1. The third-order valence-corrected chi connectivity index (χ3v) is 4.79. The summed E-state index contributed by atoms with van der Waals surface area (Å²) in [7, 11) is 1.53. The second-order valence-electron chi connectivity index (χ2n) is 6.23. The number of methoxy groups -OCH3 is 1. The summed E-state index contributed by atoms with van der Waals surface area (Å²) in [6.07, 6.45) is 3.16. The maximum Gasteiger partial charge on any atom is 0.326 e. The molecule has 0 bridgehead atoms. The van der Waals surface area contributed by atoms with Crippen LogP contribution in [0.3, 0.4) is 0 Å². The molecule has 2 aliphatic heterocycles. The Balaban J connectivity index is 1.70. The lowest BCUT2D eigenvalue weighted by atomic mass is 9.97. The predicted octanol–water partition coefficient (Wildman–Crippen LogP) is 1.03. The van der Waals surface area contributed by atoms with Crippen molar-refractivity contribution in [3.63, 3.8) is 0 Å². The molecule has 3 rings (SSSR count). The molecule has 0 amide bonds. The highest BCUT2D eigenvalue weighted by molar-refractivity contribution is 5.79. The van der Waals surface area contributed by atoms with Gasteiger partial charge < -0.3 is 19.1 Å². The quantitative estimate of drug-likeness (QED) is 0.828. The largest absolute Gasteiger partial charge is 0.480 e. The van der Waals surface area contributed by atoms with E-state index in [4.69, 9.17) is 14.0 Å². The minimum absolute atomic E-state index is 0.160. The van der Waals surface area contributed by atoms with Crippen LogP contribution < -0.4 is 0 Å². The van der Waals surface area contributed by atoms with E-state index < -0.39 is 11.5 Å². The number of hydrogen-bond acceptors (Lipinski definition) is 7. The van der Waals surface area contributed by atoms with Crippen LogP contribution in [0.1, 0.15) is 43.3 Å². The third kappa shape index (κ3) is 3.24. The Kier molecular flexibility index (Phi) is 4.93. The molecule has 3 heterocycles. The average Bonchev–Trinajstić information content (AvgIpc) is 3.17. The van der Waals surface area contributed by atoms with Crippen LogP contribution in [0.15, 0.2) is 4.52 Å². The highest BCUT2D eigenvalue weighted by Crippen LogP contribution is 2.32. The van der Waals surface area contributed by atoms with Crippen LogP contribution in [0.5, 0.6) is 0 Å². The Morgan fingerprint density at radius 2 is 2.26 bits per heavy atom. The Morgan fingerprint density at radius 3 is 2.96 bits per heavy atom. The van der Waals surface area contributed by atoms with Crippen molar-refractivity contribution >= 4 is 5.97 Å². The van der Waals surface area contributed by atoms with E-state index in [0.717, 1.165) is 19.3 Å². The molecule has 2 saturated heterocycles. The summed E-state index contributed by atoms with van der Waals surface area (Å²) in [4.78, 5) is 18.1. The number of nitrogens with zero attached hydrogens (tertiary/aromatic N) is 3. The first-order chi connectivity index (χ1) is 11.2. The highest BCUT2D eigenvalue weighted by atomic mass is 16.5. The first-order valence-corrected chi connectivity index (χ1v) is 8.03. The van der Waals surface area contributed by atoms with Gasteiger partial charge in [-0.05, 0) is 32.2 Å². The van der Waals surface area contributed by atoms with Crippen molar-refractivity contribution in [1.29, 1.82) is 0 Å². The monoisotopic (exact) mass is 325 g/mol. The van der Waals surface area contributed by atoms with Gasteiger partial charge >= 0.3 is 5.97 Å². The van der Waals surface area contributed by atoms with Crippen LogP contribution in [0, 0.1) is 0 Å². The van der Waals surface area contributed by atoms with E-state index >= 15 is 0 Å². The van der Waals surface area contributed by atoms with Gasteiger partial charge in [0.1, 0.15) is 5.54 Å². The van der Waals surface area contributed by atoms with Crippen LogP contribution in [0.4, 0.5) is 0 Å². The molecule has 1 aromatic rings. The Morgan fingerprint density at radius 1 is 1.48 bits per heavy atom. The van der Waals surface area contributed by atoms with Gasteiger partial charge in [-0.3, -0.25) is 9.69 Å². The van der Waals surface area contributed by atoms with Gasteiger partial charge in [0.2, 0.25) is 5.89 Å². The predicted molar refractivity (Wildman–Crippen MR) is 79.0 cm³/mol. The SMILES string of the molecule is COCC1(C(=O)O)CCCN1Cc1noc(C2CCOCC2)n1. The molecule has 0 saturated carbocycles. The van der Waals surface area contributed by atoms with E-state index in [0.29, 0.717) is 44.4 Å². The van der Waals surface area contributed by atoms with Crippen molar-refractivity contribution in [1.82, 2.24) is 15.0 Å².